The summed E-state index contributed by atoms with van der Waals surface area (Å²) < 4.78 is 13.2. The molecule has 2 rings (SSSR count). The van der Waals surface area contributed by atoms with Crippen LogP contribution in [0.5, 0.6) is 0 Å². The van der Waals surface area contributed by atoms with Gasteiger partial charge in [-0.25, -0.2) is 9.78 Å². The Morgan fingerprint density at radius 3 is 2.60 bits per heavy atom. The number of hydrogen-bond acceptors (Lipinski definition) is 3. The first-order chi connectivity index (χ1) is 9.34. The molecule has 1 aliphatic rings. The molecule has 0 bridgehead atoms. The lowest BCUT2D eigenvalue weighted by Crippen LogP contribution is -2.32. The van der Waals surface area contributed by atoms with Gasteiger partial charge in [-0.15, -0.1) is 0 Å². The van der Waals surface area contributed by atoms with Crippen LogP contribution in [0.3, 0.4) is 0 Å². The van der Waals surface area contributed by atoms with Gasteiger partial charge in [-0.05, 0) is 30.5 Å². The third-order valence-electron chi connectivity index (χ3n) is 3.37. The van der Waals surface area contributed by atoms with Gasteiger partial charge in [0.2, 0.25) is 5.95 Å². The number of carbonyl (C=O) groups is 2. The number of carboxylic acid groups (broad SMARTS) is 2. The van der Waals surface area contributed by atoms with Gasteiger partial charge in [0.15, 0.2) is 0 Å². The van der Waals surface area contributed by atoms with Crippen LogP contribution < -0.4 is 0 Å². The molecule has 1 aromatic heterocycles. The zero-order chi connectivity index (χ0) is 14.9. The molecule has 1 aliphatic carbocycles. The van der Waals surface area contributed by atoms with E-state index in [1.54, 1.807) is 0 Å². The van der Waals surface area contributed by atoms with Gasteiger partial charge >= 0.3 is 11.9 Å². The molecule has 0 saturated heterocycles. The molecule has 6 heteroatoms. The Balaban J connectivity index is 2.58. The Kier molecular flexibility index (Phi) is 3.40. The first kappa shape index (κ1) is 13.9. The highest BCUT2D eigenvalue weighted by Crippen LogP contribution is 2.43. The van der Waals surface area contributed by atoms with Crippen molar-refractivity contribution in [2.24, 2.45) is 5.41 Å². The monoisotopic (exact) mass is 277 g/mol. The van der Waals surface area contributed by atoms with Crippen molar-refractivity contribution in [1.29, 1.82) is 0 Å². The summed E-state index contributed by atoms with van der Waals surface area (Å²) >= 11 is 0. The maximum atomic E-state index is 13.2. The molecule has 1 heterocycles. The van der Waals surface area contributed by atoms with Crippen molar-refractivity contribution >= 4 is 17.5 Å². The van der Waals surface area contributed by atoms with Crippen LogP contribution in [0.4, 0.5) is 4.39 Å². The summed E-state index contributed by atoms with van der Waals surface area (Å²) in [7, 11) is 0. The van der Waals surface area contributed by atoms with Crippen molar-refractivity contribution in [1.82, 2.24) is 4.98 Å². The molecule has 0 aromatic carbocycles. The smallest absolute Gasteiger partial charge is 0.331 e. The van der Waals surface area contributed by atoms with E-state index in [1.165, 1.54) is 31.3 Å². The van der Waals surface area contributed by atoms with Crippen molar-refractivity contribution in [3.8, 4) is 0 Å². The minimum atomic E-state index is -1.42. The van der Waals surface area contributed by atoms with Crippen molar-refractivity contribution in [2.45, 2.75) is 13.3 Å². The van der Waals surface area contributed by atoms with E-state index in [4.69, 9.17) is 5.11 Å². The number of nitrogens with zero attached hydrogens (tertiary/aromatic N) is 1. The van der Waals surface area contributed by atoms with Crippen molar-refractivity contribution in [2.75, 3.05) is 0 Å². The minimum absolute atomic E-state index is 0.00757. The lowest BCUT2D eigenvalue weighted by Gasteiger charge is -2.31. The normalized spacial score (nSPS) is 21.9. The fourth-order valence-corrected chi connectivity index (χ4v) is 2.23. The Bertz CT molecular complexity index is 650. The van der Waals surface area contributed by atoms with Crippen LogP contribution in [-0.4, -0.2) is 27.1 Å². The summed E-state index contributed by atoms with van der Waals surface area (Å²) in [6.45, 7) is 1.43. The fourth-order valence-electron chi connectivity index (χ4n) is 2.23. The Labute approximate surface area is 114 Å². The Morgan fingerprint density at radius 1 is 1.35 bits per heavy atom. The van der Waals surface area contributed by atoms with E-state index in [0.717, 1.165) is 6.07 Å². The van der Waals surface area contributed by atoms with Gasteiger partial charge in [-0.1, -0.05) is 12.2 Å². The Morgan fingerprint density at radius 2 is 2.05 bits per heavy atom. The summed E-state index contributed by atoms with van der Waals surface area (Å²) in [5, 5.41) is 18.4. The van der Waals surface area contributed by atoms with Crippen molar-refractivity contribution in [3.63, 3.8) is 0 Å². The second kappa shape index (κ2) is 4.88. The second-order valence-electron chi connectivity index (χ2n) is 4.76. The van der Waals surface area contributed by atoms with Crippen LogP contribution in [0, 0.1) is 11.4 Å². The highest BCUT2D eigenvalue weighted by molar-refractivity contribution is 5.98. The summed E-state index contributed by atoms with van der Waals surface area (Å²) in [5.74, 6) is -3.04. The number of rotatable bonds is 3. The fraction of sp³-hybridized carbons (Fsp3) is 0.214. The summed E-state index contributed by atoms with van der Waals surface area (Å²) in [6, 6.07) is 2.63. The SMILES string of the molecule is CC1(C(=O)O)CC(C(=O)O)=CC=C1c1ccnc(F)c1. The number of pyridine rings is 1. The van der Waals surface area contributed by atoms with Gasteiger partial charge in [-0.3, -0.25) is 4.79 Å². The molecule has 5 nitrogen and oxygen atoms in total. The van der Waals surface area contributed by atoms with E-state index in [-0.39, 0.29) is 12.0 Å². The summed E-state index contributed by atoms with van der Waals surface area (Å²) in [5.41, 5.74) is -0.677. The maximum absolute atomic E-state index is 13.2. The van der Waals surface area contributed by atoms with Gasteiger partial charge in [0.05, 0.1) is 5.41 Å². The van der Waals surface area contributed by atoms with E-state index in [1.807, 2.05) is 0 Å². The molecule has 0 saturated carbocycles. The summed E-state index contributed by atoms with van der Waals surface area (Å²) in [4.78, 5) is 26.0. The molecule has 0 radical (unpaired) electrons. The van der Waals surface area contributed by atoms with Crippen molar-refractivity contribution < 1.29 is 24.2 Å². The maximum Gasteiger partial charge on any atom is 0.331 e. The highest BCUT2D eigenvalue weighted by Gasteiger charge is 2.41. The van der Waals surface area contributed by atoms with Crippen LogP contribution in [-0.2, 0) is 9.59 Å². The number of hydrogen-bond donors (Lipinski definition) is 2. The van der Waals surface area contributed by atoms with Gasteiger partial charge < -0.3 is 10.2 Å². The molecule has 0 fully saturated rings. The molecule has 2 N–H and O–H groups in total. The largest absolute Gasteiger partial charge is 0.481 e. The third-order valence-corrected chi connectivity index (χ3v) is 3.37. The lowest BCUT2D eigenvalue weighted by molar-refractivity contribution is -0.144. The number of halogens is 1. The standard InChI is InChI=1S/C14H12FNO4/c1-14(13(19)20)7-9(12(17)18)2-3-10(14)8-4-5-16-11(15)6-8/h2-6H,7H2,1H3,(H,17,18)(H,19,20). The predicted octanol–water partition coefficient (Wildman–Crippen LogP) is 2.11. The Hall–Kier alpha value is -2.50. The first-order valence-electron chi connectivity index (χ1n) is 5.84. The van der Waals surface area contributed by atoms with Crippen LogP contribution >= 0.6 is 0 Å². The third kappa shape index (κ3) is 2.32. The minimum Gasteiger partial charge on any atom is -0.481 e. The van der Waals surface area contributed by atoms with Crippen LogP contribution in [0.15, 0.2) is 36.1 Å². The first-order valence-corrected chi connectivity index (χ1v) is 5.84. The molecule has 0 amide bonds. The van der Waals surface area contributed by atoms with E-state index >= 15 is 0 Å². The summed E-state index contributed by atoms with van der Waals surface area (Å²) in [6.07, 6.45) is 3.84. The quantitative estimate of drug-likeness (QED) is 0.826. The van der Waals surface area contributed by atoms with Crippen LogP contribution in [0.25, 0.3) is 5.57 Å². The highest BCUT2D eigenvalue weighted by atomic mass is 19.1. The van der Waals surface area contributed by atoms with Gasteiger partial charge in [0, 0.05) is 17.8 Å². The average molecular weight is 277 g/mol. The van der Waals surface area contributed by atoms with E-state index in [9.17, 15) is 19.1 Å². The van der Waals surface area contributed by atoms with Gasteiger partial charge in [0.1, 0.15) is 0 Å². The molecule has 1 unspecified atom stereocenters. The van der Waals surface area contributed by atoms with E-state index < -0.39 is 23.3 Å². The van der Waals surface area contributed by atoms with Crippen molar-refractivity contribution in [3.05, 3.63) is 47.6 Å². The second-order valence-corrected chi connectivity index (χ2v) is 4.76. The molecule has 1 aromatic rings. The molecule has 0 aliphatic heterocycles. The van der Waals surface area contributed by atoms with E-state index in [0.29, 0.717) is 11.1 Å². The molecule has 20 heavy (non-hydrogen) atoms. The average Bonchev–Trinajstić information content (AvgIpc) is 2.38. The van der Waals surface area contributed by atoms with Gasteiger partial charge in [0.25, 0.3) is 0 Å². The molecular weight excluding hydrogens is 265 g/mol. The predicted molar refractivity (Wildman–Crippen MR) is 68.3 cm³/mol. The van der Waals surface area contributed by atoms with E-state index in [2.05, 4.69) is 4.98 Å². The topological polar surface area (TPSA) is 87.5 Å². The number of aromatic nitrogens is 1. The number of allylic oxidation sites excluding steroid dienone is 2. The molecule has 1 atom stereocenters. The van der Waals surface area contributed by atoms with Gasteiger partial charge in [-0.2, -0.15) is 4.39 Å². The van der Waals surface area contributed by atoms with Crippen LogP contribution in [0.1, 0.15) is 18.9 Å². The number of carboxylic acids is 2. The molecule has 104 valence electrons. The lowest BCUT2D eigenvalue weighted by atomic mass is 9.71. The molecule has 0 spiro atoms. The molecular formula is C14H12FNO4. The zero-order valence-electron chi connectivity index (χ0n) is 10.6. The van der Waals surface area contributed by atoms with Crippen LogP contribution in [0.2, 0.25) is 0 Å². The number of aliphatic carboxylic acids is 2. The zero-order valence-corrected chi connectivity index (χ0v) is 10.6.